The van der Waals surface area contributed by atoms with Crippen molar-refractivity contribution in [3.05, 3.63) is 45.6 Å². The van der Waals surface area contributed by atoms with Crippen molar-refractivity contribution in [3.8, 4) is 5.75 Å². The Kier molecular flexibility index (Phi) is 4.63. The van der Waals surface area contributed by atoms with Crippen molar-refractivity contribution in [2.75, 3.05) is 12.4 Å². The summed E-state index contributed by atoms with van der Waals surface area (Å²) in [6, 6.07) is 7.48. The number of urea groups is 1. The largest absolute Gasteiger partial charge is 0.495 e. The topological polar surface area (TPSA) is 50.4 Å². The predicted octanol–water partition coefficient (Wildman–Crippen LogP) is 3.70. The van der Waals surface area contributed by atoms with Gasteiger partial charge in [-0.3, -0.25) is 0 Å². The van der Waals surface area contributed by atoms with Crippen LogP contribution in [0.2, 0.25) is 0 Å². The third-order valence-corrected chi connectivity index (χ3v) is 4.00. The van der Waals surface area contributed by atoms with E-state index in [2.05, 4.69) is 10.6 Å². The van der Waals surface area contributed by atoms with Gasteiger partial charge in [-0.05, 0) is 48.6 Å². The van der Waals surface area contributed by atoms with Gasteiger partial charge < -0.3 is 15.4 Å². The molecule has 0 saturated carbocycles. The molecule has 2 aromatic rings. The molecule has 1 heterocycles. The molecule has 0 aliphatic heterocycles. The lowest BCUT2D eigenvalue weighted by atomic mass is 10.2. The molecule has 4 nitrogen and oxygen atoms in total. The maximum atomic E-state index is 11.9. The highest BCUT2D eigenvalue weighted by atomic mass is 32.1. The Balaban J connectivity index is 1.98. The first kappa shape index (κ1) is 14.4. The molecule has 0 radical (unpaired) electrons. The summed E-state index contributed by atoms with van der Waals surface area (Å²) < 4.78 is 5.23. The number of hydrogen-bond donors (Lipinski definition) is 2. The first-order valence-corrected chi connectivity index (χ1v) is 7.20. The van der Waals surface area contributed by atoms with Crippen molar-refractivity contribution < 1.29 is 9.53 Å². The number of hydrogen-bond acceptors (Lipinski definition) is 3. The minimum absolute atomic E-state index is 0.235. The number of nitrogens with one attached hydrogen (secondary N) is 2. The highest BCUT2D eigenvalue weighted by molar-refractivity contribution is 7.10. The van der Waals surface area contributed by atoms with Crippen LogP contribution in [0, 0.1) is 13.8 Å². The van der Waals surface area contributed by atoms with Crippen LogP contribution in [0.25, 0.3) is 0 Å². The minimum atomic E-state index is -0.235. The molecule has 0 spiro atoms. The molecule has 5 heteroatoms. The molecule has 0 fully saturated rings. The van der Waals surface area contributed by atoms with Crippen LogP contribution in [0.3, 0.4) is 0 Å². The standard InChI is InChI=1S/C15H18N2O2S/c1-10-4-5-13(19-3)12(8-10)17-15(18)16-9-14-11(2)6-7-20-14/h4-8H,9H2,1-3H3,(H2,16,17,18). The van der Waals surface area contributed by atoms with Gasteiger partial charge in [0.2, 0.25) is 0 Å². The van der Waals surface area contributed by atoms with Crippen LogP contribution < -0.4 is 15.4 Å². The molecule has 1 aromatic carbocycles. The van der Waals surface area contributed by atoms with Crippen LogP contribution >= 0.6 is 11.3 Å². The van der Waals surface area contributed by atoms with Gasteiger partial charge in [0, 0.05) is 4.88 Å². The summed E-state index contributed by atoms with van der Waals surface area (Å²) in [6.07, 6.45) is 0. The third kappa shape index (κ3) is 3.51. The van der Waals surface area contributed by atoms with Gasteiger partial charge in [-0.1, -0.05) is 6.07 Å². The summed E-state index contributed by atoms with van der Waals surface area (Å²) in [5.74, 6) is 0.651. The van der Waals surface area contributed by atoms with Gasteiger partial charge in [0.15, 0.2) is 0 Å². The number of ether oxygens (including phenoxy) is 1. The second-order valence-corrected chi connectivity index (χ2v) is 5.54. The molecule has 0 unspecified atom stereocenters. The van der Waals surface area contributed by atoms with Gasteiger partial charge in [0.05, 0.1) is 19.3 Å². The van der Waals surface area contributed by atoms with E-state index in [9.17, 15) is 4.79 Å². The number of carbonyl (C=O) groups is 1. The van der Waals surface area contributed by atoms with E-state index >= 15 is 0 Å². The maximum Gasteiger partial charge on any atom is 0.319 e. The first-order valence-electron chi connectivity index (χ1n) is 6.32. The number of thiophene rings is 1. The Morgan fingerprint density at radius 1 is 1.30 bits per heavy atom. The Morgan fingerprint density at radius 2 is 2.10 bits per heavy atom. The molecule has 0 bridgehead atoms. The molecule has 0 saturated heterocycles. The fourth-order valence-corrected chi connectivity index (χ4v) is 2.68. The summed E-state index contributed by atoms with van der Waals surface area (Å²) in [7, 11) is 1.59. The third-order valence-electron chi connectivity index (χ3n) is 2.98. The van der Waals surface area contributed by atoms with Crippen molar-refractivity contribution in [3.63, 3.8) is 0 Å². The van der Waals surface area contributed by atoms with E-state index in [1.54, 1.807) is 18.4 Å². The Morgan fingerprint density at radius 3 is 2.75 bits per heavy atom. The van der Waals surface area contributed by atoms with Crippen LogP contribution in [-0.4, -0.2) is 13.1 Å². The number of benzene rings is 1. The smallest absolute Gasteiger partial charge is 0.319 e. The number of anilines is 1. The molecule has 2 N–H and O–H groups in total. The fraction of sp³-hybridized carbons (Fsp3) is 0.267. The van der Waals surface area contributed by atoms with Crippen molar-refractivity contribution in [1.29, 1.82) is 0 Å². The van der Waals surface area contributed by atoms with Gasteiger partial charge in [-0.2, -0.15) is 0 Å². The van der Waals surface area contributed by atoms with E-state index in [1.165, 1.54) is 5.56 Å². The SMILES string of the molecule is COc1ccc(C)cc1NC(=O)NCc1sccc1C. The summed E-state index contributed by atoms with van der Waals surface area (Å²) in [4.78, 5) is 13.1. The van der Waals surface area contributed by atoms with Crippen molar-refractivity contribution in [2.45, 2.75) is 20.4 Å². The van der Waals surface area contributed by atoms with Gasteiger partial charge in [-0.15, -0.1) is 11.3 Å². The molecule has 1 aromatic heterocycles. The molecule has 2 amide bonds. The monoisotopic (exact) mass is 290 g/mol. The van der Waals surface area contributed by atoms with Crippen molar-refractivity contribution >= 4 is 23.1 Å². The van der Waals surface area contributed by atoms with Gasteiger partial charge >= 0.3 is 6.03 Å². The second kappa shape index (κ2) is 6.43. The quantitative estimate of drug-likeness (QED) is 0.902. The summed E-state index contributed by atoms with van der Waals surface area (Å²) in [5.41, 5.74) is 2.94. The van der Waals surface area contributed by atoms with E-state index in [4.69, 9.17) is 4.74 Å². The lowest BCUT2D eigenvalue weighted by molar-refractivity contribution is 0.251. The molecule has 20 heavy (non-hydrogen) atoms. The maximum absolute atomic E-state index is 11.9. The molecular weight excluding hydrogens is 272 g/mol. The zero-order chi connectivity index (χ0) is 14.5. The summed E-state index contributed by atoms with van der Waals surface area (Å²) >= 11 is 1.64. The zero-order valence-electron chi connectivity index (χ0n) is 11.8. The second-order valence-electron chi connectivity index (χ2n) is 4.54. The van der Waals surface area contributed by atoms with E-state index in [-0.39, 0.29) is 6.03 Å². The predicted molar refractivity (Wildman–Crippen MR) is 82.6 cm³/mol. The highest BCUT2D eigenvalue weighted by Gasteiger charge is 2.08. The molecule has 0 aliphatic carbocycles. The first-order chi connectivity index (χ1) is 9.60. The average molecular weight is 290 g/mol. The number of methoxy groups -OCH3 is 1. The van der Waals surface area contributed by atoms with E-state index in [0.29, 0.717) is 18.0 Å². The Labute approximate surface area is 122 Å². The molecule has 106 valence electrons. The minimum Gasteiger partial charge on any atom is -0.495 e. The van der Waals surface area contributed by atoms with Crippen LogP contribution in [0.15, 0.2) is 29.6 Å². The van der Waals surface area contributed by atoms with Gasteiger partial charge in [0.1, 0.15) is 5.75 Å². The van der Waals surface area contributed by atoms with E-state index in [0.717, 1.165) is 10.4 Å². The number of aryl methyl sites for hydroxylation is 2. The van der Waals surface area contributed by atoms with Crippen LogP contribution in [0.5, 0.6) is 5.75 Å². The Bertz CT molecular complexity index is 608. The van der Waals surface area contributed by atoms with Crippen LogP contribution in [0.4, 0.5) is 10.5 Å². The zero-order valence-corrected chi connectivity index (χ0v) is 12.6. The Hall–Kier alpha value is -2.01. The van der Waals surface area contributed by atoms with Gasteiger partial charge in [0.25, 0.3) is 0 Å². The number of rotatable bonds is 4. The normalized spacial score (nSPS) is 10.2. The summed E-state index contributed by atoms with van der Waals surface area (Å²) in [6.45, 7) is 4.54. The summed E-state index contributed by atoms with van der Waals surface area (Å²) in [5, 5.41) is 7.69. The van der Waals surface area contributed by atoms with Gasteiger partial charge in [-0.25, -0.2) is 4.79 Å². The molecular formula is C15H18N2O2S. The van der Waals surface area contributed by atoms with Crippen molar-refractivity contribution in [2.24, 2.45) is 0 Å². The van der Waals surface area contributed by atoms with Crippen molar-refractivity contribution in [1.82, 2.24) is 5.32 Å². The van der Waals surface area contributed by atoms with E-state index in [1.807, 2.05) is 43.5 Å². The fourth-order valence-electron chi connectivity index (χ4n) is 1.83. The molecule has 0 aliphatic rings. The average Bonchev–Trinajstić information content (AvgIpc) is 2.82. The van der Waals surface area contributed by atoms with Crippen LogP contribution in [-0.2, 0) is 6.54 Å². The highest BCUT2D eigenvalue weighted by Crippen LogP contribution is 2.25. The lowest BCUT2D eigenvalue weighted by Gasteiger charge is -2.11. The molecule has 0 atom stereocenters. The molecule has 2 rings (SSSR count). The van der Waals surface area contributed by atoms with E-state index < -0.39 is 0 Å². The number of amides is 2. The van der Waals surface area contributed by atoms with Crippen LogP contribution in [0.1, 0.15) is 16.0 Å². The lowest BCUT2D eigenvalue weighted by Crippen LogP contribution is -2.28. The number of carbonyl (C=O) groups excluding carboxylic acids is 1.